The molecule has 2 rings (SSSR count). The van der Waals surface area contributed by atoms with Crippen molar-refractivity contribution < 1.29 is 14.3 Å². The summed E-state index contributed by atoms with van der Waals surface area (Å²) >= 11 is 0. The zero-order valence-corrected chi connectivity index (χ0v) is 10.7. The molecule has 0 bridgehead atoms. The van der Waals surface area contributed by atoms with Crippen LogP contribution in [0.3, 0.4) is 0 Å². The van der Waals surface area contributed by atoms with Crippen LogP contribution in [-0.2, 0) is 11.3 Å². The van der Waals surface area contributed by atoms with Crippen LogP contribution in [0, 0.1) is 24.6 Å². The highest BCUT2D eigenvalue weighted by molar-refractivity contribution is 5.71. The Morgan fingerprint density at radius 2 is 2.22 bits per heavy atom. The lowest BCUT2D eigenvalue weighted by Gasteiger charge is -2.16. The Morgan fingerprint density at radius 3 is 2.83 bits per heavy atom. The molecule has 1 fully saturated rings. The highest BCUT2D eigenvalue weighted by Gasteiger charge is 2.34. The molecule has 1 heterocycles. The number of hydrogen-bond acceptors (Lipinski definition) is 2. The Hall–Kier alpha value is -1.42. The lowest BCUT2D eigenvalue weighted by Crippen LogP contribution is -2.23. The van der Waals surface area contributed by atoms with Crippen LogP contribution in [0.5, 0.6) is 0 Å². The number of carboxylic acid groups (broad SMARTS) is 1. The lowest BCUT2D eigenvalue weighted by molar-refractivity contribution is -0.142. The number of likely N-dealkylation sites (tertiary alicyclic amines) is 1. The van der Waals surface area contributed by atoms with Gasteiger partial charge in [-0.05, 0) is 36.1 Å². The van der Waals surface area contributed by atoms with E-state index in [1.54, 1.807) is 6.07 Å². The van der Waals surface area contributed by atoms with Gasteiger partial charge in [-0.25, -0.2) is 4.39 Å². The van der Waals surface area contributed by atoms with Crippen molar-refractivity contribution in [1.29, 1.82) is 0 Å². The fourth-order valence-corrected chi connectivity index (χ4v) is 2.57. The number of nitrogens with zero attached hydrogens (tertiary/aromatic N) is 1. The Labute approximate surface area is 106 Å². The zero-order chi connectivity index (χ0) is 13.3. The van der Waals surface area contributed by atoms with Crippen molar-refractivity contribution in [3.63, 3.8) is 0 Å². The van der Waals surface area contributed by atoms with E-state index >= 15 is 0 Å². The van der Waals surface area contributed by atoms with E-state index in [4.69, 9.17) is 5.11 Å². The van der Waals surface area contributed by atoms with Crippen LogP contribution in [0.2, 0.25) is 0 Å². The van der Waals surface area contributed by atoms with E-state index < -0.39 is 5.97 Å². The van der Waals surface area contributed by atoms with Gasteiger partial charge >= 0.3 is 5.97 Å². The molecule has 1 saturated heterocycles. The van der Waals surface area contributed by atoms with Crippen LogP contribution in [-0.4, -0.2) is 29.1 Å². The minimum atomic E-state index is -0.735. The molecule has 2 atom stereocenters. The summed E-state index contributed by atoms with van der Waals surface area (Å²) in [6.45, 7) is 5.83. The number of benzene rings is 1. The summed E-state index contributed by atoms with van der Waals surface area (Å²) in [5.41, 5.74) is 1.98. The van der Waals surface area contributed by atoms with Crippen molar-refractivity contribution in [2.75, 3.05) is 13.1 Å². The minimum Gasteiger partial charge on any atom is -0.481 e. The van der Waals surface area contributed by atoms with Gasteiger partial charge in [0.05, 0.1) is 5.92 Å². The van der Waals surface area contributed by atoms with Crippen LogP contribution >= 0.6 is 0 Å². The standard InChI is InChI=1S/C14H18FNO2/c1-9-3-4-12(15)5-11(9)7-16-6-10(2)13(8-16)14(17)18/h3-5,10,13H,6-8H2,1-2H3,(H,17,18)/t10-,13-/m1/s1. The maximum Gasteiger partial charge on any atom is 0.308 e. The molecule has 1 aromatic rings. The maximum absolute atomic E-state index is 13.2. The molecule has 0 saturated carbocycles. The van der Waals surface area contributed by atoms with E-state index in [0.29, 0.717) is 13.1 Å². The third-order valence-electron chi connectivity index (χ3n) is 3.71. The highest BCUT2D eigenvalue weighted by Crippen LogP contribution is 2.25. The van der Waals surface area contributed by atoms with Crippen molar-refractivity contribution in [2.45, 2.75) is 20.4 Å². The van der Waals surface area contributed by atoms with E-state index in [1.165, 1.54) is 12.1 Å². The normalized spacial score (nSPS) is 24.4. The van der Waals surface area contributed by atoms with Gasteiger partial charge in [0.15, 0.2) is 0 Å². The first-order chi connectivity index (χ1) is 8.47. The summed E-state index contributed by atoms with van der Waals surface area (Å²) in [5, 5.41) is 9.08. The van der Waals surface area contributed by atoms with Crippen LogP contribution in [0.25, 0.3) is 0 Å². The summed E-state index contributed by atoms with van der Waals surface area (Å²) in [5.74, 6) is -1.13. The number of rotatable bonds is 3. The first kappa shape index (κ1) is 13.0. The number of hydrogen-bond donors (Lipinski definition) is 1. The molecule has 1 N–H and O–H groups in total. The second-order valence-corrected chi connectivity index (χ2v) is 5.19. The van der Waals surface area contributed by atoms with Gasteiger partial charge < -0.3 is 5.11 Å². The van der Waals surface area contributed by atoms with Crippen molar-refractivity contribution >= 4 is 5.97 Å². The minimum absolute atomic E-state index is 0.149. The number of carboxylic acids is 1. The third kappa shape index (κ3) is 2.70. The number of aryl methyl sites for hydroxylation is 1. The van der Waals surface area contributed by atoms with Gasteiger partial charge in [-0.15, -0.1) is 0 Å². The van der Waals surface area contributed by atoms with Gasteiger partial charge in [0.2, 0.25) is 0 Å². The quantitative estimate of drug-likeness (QED) is 0.896. The molecular weight excluding hydrogens is 233 g/mol. The average Bonchev–Trinajstić information content (AvgIpc) is 2.65. The molecule has 4 heteroatoms. The van der Waals surface area contributed by atoms with E-state index in [0.717, 1.165) is 17.7 Å². The Balaban J connectivity index is 2.07. The molecule has 0 amide bonds. The Morgan fingerprint density at radius 1 is 1.50 bits per heavy atom. The molecule has 0 aromatic heterocycles. The van der Waals surface area contributed by atoms with Crippen LogP contribution in [0.15, 0.2) is 18.2 Å². The van der Waals surface area contributed by atoms with Gasteiger partial charge in [-0.2, -0.15) is 0 Å². The number of halogens is 1. The number of carbonyl (C=O) groups is 1. The third-order valence-corrected chi connectivity index (χ3v) is 3.71. The fraction of sp³-hybridized carbons (Fsp3) is 0.500. The molecule has 3 nitrogen and oxygen atoms in total. The molecule has 18 heavy (non-hydrogen) atoms. The maximum atomic E-state index is 13.2. The van der Waals surface area contributed by atoms with Crippen molar-refractivity contribution in [3.8, 4) is 0 Å². The largest absolute Gasteiger partial charge is 0.481 e. The second kappa shape index (κ2) is 5.06. The van der Waals surface area contributed by atoms with Gasteiger partial charge in [-0.3, -0.25) is 9.69 Å². The second-order valence-electron chi connectivity index (χ2n) is 5.19. The van der Waals surface area contributed by atoms with Gasteiger partial charge in [0.25, 0.3) is 0 Å². The van der Waals surface area contributed by atoms with Crippen molar-refractivity contribution in [3.05, 3.63) is 35.1 Å². The molecule has 98 valence electrons. The molecule has 0 unspecified atom stereocenters. The molecule has 0 spiro atoms. The van der Waals surface area contributed by atoms with E-state index in [9.17, 15) is 9.18 Å². The lowest BCUT2D eigenvalue weighted by atomic mass is 9.99. The Kier molecular flexibility index (Phi) is 3.66. The first-order valence-corrected chi connectivity index (χ1v) is 6.17. The van der Waals surface area contributed by atoms with Gasteiger partial charge in [0.1, 0.15) is 5.82 Å². The van der Waals surface area contributed by atoms with E-state index in [2.05, 4.69) is 4.90 Å². The molecule has 1 aromatic carbocycles. The van der Waals surface area contributed by atoms with Gasteiger partial charge in [0, 0.05) is 19.6 Å². The summed E-state index contributed by atoms with van der Waals surface area (Å²) in [6.07, 6.45) is 0. The number of aliphatic carboxylic acids is 1. The molecule has 1 aliphatic heterocycles. The summed E-state index contributed by atoms with van der Waals surface area (Å²) < 4.78 is 13.2. The molecule has 0 radical (unpaired) electrons. The predicted molar refractivity (Wildman–Crippen MR) is 66.7 cm³/mol. The van der Waals surface area contributed by atoms with Crippen molar-refractivity contribution in [2.24, 2.45) is 11.8 Å². The average molecular weight is 251 g/mol. The Bertz CT molecular complexity index is 461. The van der Waals surface area contributed by atoms with Gasteiger partial charge in [-0.1, -0.05) is 13.0 Å². The zero-order valence-electron chi connectivity index (χ0n) is 10.7. The smallest absolute Gasteiger partial charge is 0.308 e. The van der Waals surface area contributed by atoms with E-state index in [-0.39, 0.29) is 17.7 Å². The highest BCUT2D eigenvalue weighted by atomic mass is 19.1. The fourth-order valence-electron chi connectivity index (χ4n) is 2.57. The predicted octanol–water partition coefficient (Wildman–Crippen LogP) is 2.29. The van der Waals surface area contributed by atoms with E-state index in [1.807, 2.05) is 13.8 Å². The molecule has 0 aliphatic carbocycles. The van der Waals surface area contributed by atoms with Crippen LogP contribution < -0.4 is 0 Å². The topological polar surface area (TPSA) is 40.5 Å². The SMILES string of the molecule is Cc1ccc(F)cc1CN1C[C@@H](C)[C@H](C(=O)O)C1. The summed E-state index contributed by atoms with van der Waals surface area (Å²) in [4.78, 5) is 13.1. The van der Waals surface area contributed by atoms with Crippen LogP contribution in [0.4, 0.5) is 4.39 Å². The van der Waals surface area contributed by atoms with Crippen LogP contribution in [0.1, 0.15) is 18.1 Å². The molecular formula is C14H18FNO2. The first-order valence-electron chi connectivity index (χ1n) is 6.17. The van der Waals surface area contributed by atoms with Crippen molar-refractivity contribution in [1.82, 2.24) is 4.90 Å². The summed E-state index contributed by atoms with van der Waals surface area (Å²) in [7, 11) is 0. The summed E-state index contributed by atoms with van der Waals surface area (Å²) in [6, 6.07) is 4.75. The monoisotopic (exact) mass is 251 g/mol. The molecule has 1 aliphatic rings.